The van der Waals surface area contributed by atoms with E-state index in [1.54, 1.807) is 36.4 Å². The molecule has 3 aromatic rings. The number of amides is 2. The van der Waals surface area contributed by atoms with Gasteiger partial charge in [0.1, 0.15) is 18.5 Å². The lowest BCUT2D eigenvalue weighted by Gasteiger charge is -2.19. The summed E-state index contributed by atoms with van der Waals surface area (Å²) in [5.74, 6) is -2.06. The molecule has 13 heteroatoms. The predicted molar refractivity (Wildman–Crippen MR) is 144 cm³/mol. The highest BCUT2D eigenvalue weighted by Gasteiger charge is 2.38. The SMILES string of the molecule is N#Cc1cccc(NC(=O)Nc2ccc(C[C@@H](CO)NC[C@H](O)COc3ccccc3)cc2)c1.O=C(O)C(F)(F)F. The van der Waals surface area contributed by atoms with Crippen LogP contribution in [0.1, 0.15) is 11.1 Å². The Kier molecular flexibility index (Phi) is 13.1. The number of carbonyl (C=O) groups excluding carboxylic acids is 1. The van der Waals surface area contributed by atoms with Gasteiger partial charge in [-0.25, -0.2) is 9.59 Å². The maximum absolute atomic E-state index is 12.2. The number of aliphatic hydroxyl groups is 2. The second-order valence-electron chi connectivity index (χ2n) is 8.54. The van der Waals surface area contributed by atoms with E-state index in [0.717, 1.165) is 5.56 Å². The summed E-state index contributed by atoms with van der Waals surface area (Å²) >= 11 is 0. The molecule has 3 aromatic carbocycles. The maximum atomic E-state index is 12.2. The van der Waals surface area contributed by atoms with Crippen molar-refractivity contribution in [3.8, 4) is 11.8 Å². The van der Waals surface area contributed by atoms with Gasteiger partial charge in [-0.1, -0.05) is 36.4 Å². The number of nitriles is 1. The lowest BCUT2D eigenvalue weighted by molar-refractivity contribution is -0.192. The number of alkyl halides is 3. The van der Waals surface area contributed by atoms with Gasteiger partial charge in [-0.3, -0.25) is 0 Å². The minimum atomic E-state index is -5.08. The Morgan fingerprint density at radius 2 is 1.59 bits per heavy atom. The summed E-state index contributed by atoms with van der Waals surface area (Å²) in [6, 6.07) is 24.6. The predicted octanol–water partition coefficient (Wildman–Crippen LogP) is 3.77. The number of para-hydroxylation sites is 1. The molecule has 10 nitrogen and oxygen atoms in total. The number of ether oxygens (including phenoxy) is 1. The number of rotatable bonds is 11. The number of nitrogens with one attached hydrogen (secondary N) is 3. The zero-order chi connectivity index (χ0) is 30.3. The Hall–Kier alpha value is -4.64. The number of hydrogen-bond donors (Lipinski definition) is 6. The molecule has 2 atom stereocenters. The summed E-state index contributed by atoms with van der Waals surface area (Å²) in [5, 5.41) is 44.5. The molecule has 0 aliphatic rings. The third-order valence-electron chi connectivity index (χ3n) is 5.23. The largest absolute Gasteiger partial charge is 0.491 e. The highest BCUT2D eigenvalue weighted by Crippen LogP contribution is 2.15. The lowest BCUT2D eigenvalue weighted by atomic mass is 10.1. The fourth-order valence-electron chi connectivity index (χ4n) is 3.24. The van der Waals surface area contributed by atoms with Crippen LogP contribution in [-0.2, 0) is 11.2 Å². The highest BCUT2D eigenvalue weighted by atomic mass is 19.4. The van der Waals surface area contributed by atoms with Crippen molar-refractivity contribution >= 4 is 23.4 Å². The first kappa shape index (κ1) is 32.6. The summed E-state index contributed by atoms with van der Waals surface area (Å²) in [6.07, 6.45) is -5.25. The van der Waals surface area contributed by atoms with Crippen LogP contribution < -0.4 is 20.7 Å². The van der Waals surface area contributed by atoms with Gasteiger partial charge in [0, 0.05) is 24.0 Å². The molecule has 0 radical (unpaired) electrons. The van der Waals surface area contributed by atoms with Gasteiger partial charge in [0.2, 0.25) is 0 Å². The molecule has 3 rings (SSSR count). The molecule has 41 heavy (non-hydrogen) atoms. The van der Waals surface area contributed by atoms with Crippen LogP contribution in [0.25, 0.3) is 0 Å². The topological polar surface area (TPSA) is 164 Å². The second-order valence-corrected chi connectivity index (χ2v) is 8.54. The molecule has 0 fully saturated rings. The van der Waals surface area contributed by atoms with Gasteiger partial charge < -0.3 is 36.0 Å². The maximum Gasteiger partial charge on any atom is 0.490 e. The molecule has 2 amide bonds. The van der Waals surface area contributed by atoms with Gasteiger partial charge in [-0.15, -0.1) is 0 Å². The molecule has 0 saturated heterocycles. The molecule has 0 spiro atoms. The van der Waals surface area contributed by atoms with Crippen molar-refractivity contribution in [1.82, 2.24) is 5.32 Å². The number of anilines is 2. The van der Waals surface area contributed by atoms with Gasteiger partial charge in [-0.2, -0.15) is 18.4 Å². The van der Waals surface area contributed by atoms with Crippen molar-refractivity contribution in [3.63, 3.8) is 0 Å². The minimum Gasteiger partial charge on any atom is -0.491 e. The first-order valence-corrected chi connectivity index (χ1v) is 12.2. The monoisotopic (exact) mass is 574 g/mol. The van der Waals surface area contributed by atoms with Gasteiger partial charge in [0.15, 0.2) is 0 Å². The number of halogens is 3. The number of carboxylic acids is 1. The van der Waals surface area contributed by atoms with Crippen molar-refractivity contribution in [2.75, 3.05) is 30.4 Å². The molecule has 0 unspecified atom stereocenters. The third kappa shape index (κ3) is 12.8. The van der Waals surface area contributed by atoms with Gasteiger partial charge in [0.05, 0.1) is 18.2 Å². The fourth-order valence-corrected chi connectivity index (χ4v) is 3.24. The van der Waals surface area contributed by atoms with Crippen LogP contribution in [0.5, 0.6) is 5.75 Å². The molecular formula is C28H29F3N4O6. The molecule has 0 aliphatic heterocycles. The molecule has 218 valence electrons. The third-order valence-corrected chi connectivity index (χ3v) is 5.23. The average molecular weight is 575 g/mol. The molecular weight excluding hydrogens is 545 g/mol. The standard InChI is InChI=1S/C26H28N4O4.C2HF3O2/c27-15-20-5-4-6-22(14-20)30-26(33)29-21-11-9-19(10-12-21)13-23(17-31)28-16-24(32)18-34-25-7-2-1-3-8-25;3-2(4,5)1(6)7/h1-12,14,23-24,28,31-32H,13,16-18H2,(H2,29,30,33);(H,6,7)/t23-,24-;/m0./s1. The van der Waals surface area contributed by atoms with E-state index in [9.17, 15) is 28.2 Å². The van der Waals surface area contributed by atoms with Gasteiger partial charge >= 0.3 is 18.2 Å². The van der Waals surface area contributed by atoms with E-state index in [4.69, 9.17) is 19.9 Å². The number of benzene rings is 3. The molecule has 0 bridgehead atoms. The Balaban J connectivity index is 0.000000745. The number of aliphatic carboxylic acids is 1. The first-order chi connectivity index (χ1) is 19.5. The number of hydrogen-bond acceptors (Lipinski definition) is 7. The van der Waals surface area contributed by atoms with E-state index in [1.807, 2.05) is 48.5 Å². The summed E-state index contributed by atoms with van der Waals surface area (Å²) in [5.41, 5.74) is 2.57. The highest BCUT2D eigenvalue weighted by molar-refractivity contribution is 5.99. The lowest BCUT2D eigenvalue weighted by Crippen LogP contribution is -2.41. The van der Waals surface area contributed by atoms with E-state index >= 15 is 0 Å². The number of carbonyl (C=O) groups is 2. The zero-order valence-corrected chi connectivity index (χ0v) is 21.6. The Labute approximate surface area is 234 Å². The van der Waals surface area contributed by atoms with Crippen LogP contribution >= 0.6 is 0 Å². The number of carboxylic acid groups (broad SMARTS) is 1. The summed E-state index contributed by atoms with van der Waals surface area (Å²) in [4.78, 5) is 21.1. The van der Waals surface area contributed by atoms with Crippen LogP contribution in [0.15, 0.2) is 78.9 Å². The molecule has 0 heterocycles. The van der Waals surface area contributed by atoms with Crippen molar-refractivity contribution < 1.29 is 42.8 Å². The molecule has 0 aromatic heterocycles. The summed E-state index contributed by atoms with van der Waals surface area (Å²) in [6.45, 7) is 0.347. The van der Waals surface area contributed by atoms with Crippen molar-refractivity contribution in [2.24, 2.45) is 0 Å². The molecule has 0 aliphatic carbocycles. The minimum absolute atomic E-state index is 0.0869. The Morgan fingerprint density at radius 3 is 2.17 bits per heavy atom. The van der Waals surface area contributed by atoms with Crippen LogP contribution in [-0.4, -0.2) is 65.4 Å². The van der Waals surface area contributed by atoms with Crippen LogP contribution in [0.4, 0.5) is 29.3 Å². The van der Waals surface area contributed by atoms with E-state index in [1.165, 1.54) is 0 Å². The first-order valence-electron chi connectivity index (χ1n) is 12.2. The van der Waals surface area contributed by atoms with E-state index < -0.39 is 24.3 Å². The Bertz CT molecular complexity index is 1280. The molecule has 6 N–H and O–H groups in total. The van der Waals surface area contributed by atoms with Crippen LogP contribution in [0, 0.1) is 11.3 Å². The van der Waals surface area contributed by atoms with Crippen LogP contribution in [0.3, 0.4) is 0 Å². The summed E-state index contributed by atoms with van der Waals surface area (Å²) in [7, 11) is 0. The quantitative estimate of drug-likeness (QED) is 0.202. The second kappa shape index (κ2) is 16.5. The smallest absolute Gasteiger partial charge is 0.490 e. The number of urea groups is 1. The average Bonchev–Trinajstić information content (AvgIpc) is 2.95. The number of aliphatic hydroxyl groups excluding tert-OH is 2. The van der Waals surface area contributed by atoms with Crippen molar-refractivity contribution in [3.05, 3.63) is 90.0 Å². The van der Waals surface area contributed by atoms with E-state index in [0.29, 0.717) is 29.1 Å². The van der Waals surface area contributed by atoms with Gasteiger partial charge in [-0.05, 0) is 54.4 Å². The van der Waals surface area contributed by atoms with E-state index in [-0.39, 0.29) is 25.8 Å². The van der Waals surface area contributed by atoms with E-state index in [2.05, 4.69) is 16.0 Å². The van der Waals surface area contributed by atoms with Crippen LogP contribution in [0.2, 0.25) is 0 Å². The normalized spacial score (nSPS) is 12.1. The fraction of sp³-hybridized carbons (Fsp3) is 0.250. The zero-order valence-electron chi connectivity index (χ0n) is 21.6. The van der Waals surface area contributed by atoms with Gasteiger partial charge in [0.25, 0.3) is 0 Å². The van der Waals surface area contributed by atoms with Crippen molar-refractivity contribution in [1.29, 1.82) is 5.26 Å². The van der Waals surface area contributed by atoms with Crippen molar-refractivity contribution in [2.45, 2.75) is 24.7 Å². The Morgan fingerprint density at radius 1 is 0.951 bits per heavy atom. The number of nitrogens with zero attached hydrogens (tertiary/aromatic N) is 1. The summed E-state index contributed by atoms with van der Waals surface area (Å²) < 4.78 is 37.3. The molecule has 0 saturated carbocycles.